The molecule has 1 rings (SSSR count). The summed E-state index contributed by atoms with van der Waals surface area (Å²) in [5.41, 5.74) is -1.40. The molecule has 0 bridgehead atoms. The smallest absolute Gasteiger partial charge is 0.311 e. The fraction of sp³-hybridized carbons (Fsp3) is 0.429. The Kier molecular flexibility index (Phi) is 4.60. The van der Waals surface area contributed by atoms with E-state index in [-0.39, 0.29) is 5.91 Å². The van der Waals surface area contributed by atoms with Gasteiger partial charge in [-0.25, -0.2) is 0 Å². The molecule has 0 spiro atoms. The molecule has 4 nitrogen and oxygen atoms in total. The fourth-order valence-electron chi connectivity index (χ4n) is 1.38. The van der Waals surface area contributed by atoms with Gasteiger partial charge in [0.25, 0.3) is 5.91 Å². The molecule has 2 N–H and O–H groups in total. The number of nitrogens with one attached hydrogen (secondary N) is 1. The first-order valence-electron chi connectivity index (χ1n) is 5.89. The molecule has 0 atom stereocenters. The van der Waals surface area contributed by atoms with Crippen LogP contribution >= 0.6 is 22.6 Å². The Bertz CT molecular complexity index is 492. The molecule has 0 fully saturated rings. The highest BCUT2D eigenvalue weighted by Gasteiger charge is 2.44. The molecule has 0 aromatic heterocycles. The van der Waals surface area contributed by atoms with Crippen LogP contribution in [-0.4, -0.2) is 22.5 Å². The number of rotatable bonds is 4. The second-order valence-corrected chi connectivity index (χ2v) is 6.76. The van der Waals surface area contributed by atoms with Gasteiger partial charge in [-0.1, -0.05) is 0 Å². The van der Waals surface area contributed by atoms with Crippen molar-refractivity contribution in [3.05, 3.63) is 33.4 Å². The number of halogens is 1. The third-order valence-electron chi connectivity index (χ3n) is 3.63. The number of benzene rings is 1. The van der Waals surface area contributed by atoms with E-state index >= 15 is 0 Å². The maximum Gasteiger partial charge on any atom is 0.311 e. The molecule has 0 aliphatic rings. The topological polar surface area (TPSA) is 66.4 Å². The van der Waals surface area contributed by atoms with Gasteiger partial charge in [0.2, 0.25) is 0 Å². The highest BCUT2D eigenvalue weighted by Crippen LogP contribution is 2.31. The van der Waals surface area contributed by atoms with E-state index in [1.165, 1.54) is 0 Å². The van der Waals surface area contributed by atoms with Crippen LogP contribution in [0.4, 0.5) is 0 Å². The Labute approximate surface area is 126 Å². The van der Waals surface area contributed by atoms with Gasteiger partial charge < -0.3 is 10.4 Å². The SMILES string of the molecule is CC(C)(NC(=O)c1ccc(I)cc1)C(C)(C)C(=O)O. The van der Waals surface area contributed by atoms with Crippen molar-refractivity contribution < 1.29 is 14.7 Å². The zero-order valence-corrected chi connectivity index (χ0v) is 13.6. The molecule has 5 heteroatoms. The van der Waals surface area contributed by atoms with Crippen LogP contribution in [0.5, 0.6) is 0 Å². The van der Waals surface area contributed by atoms with Gasteiger partial charge >= 0.3 is 5.97 Å². The van der Waals surface area contributed by atoms with Crippen LogP contribution < -0.4 is 5.32 Å². The van der Waals surface area contributed by atoms with E-state index in [2.05, 4.69) is 27.9 Å². The molecular formula is C14H18INO3. The number of carbonyl (C=O) groups is 2. The Hall–Kier alpha value is -1.11. The average molecular weight is 375 g/mol. The summed E-state index contributed by atoms with van der Waals surface area (Å²) in [4.78, 5) is 23.4. The fourth-order valence-corrected chi connectivity index (χ4v) is 1.74. The Morgan fingerprint density at radius 2 is 1.58 bits per heavy atom. The van der Waals surface area contributed by atoms with E-state index in [1.807, 2.05) is 12.1 Å². The second kappa shape index (κ2) is 5.48. The third kappa shape index (κ3) is 3.46. The monoisotopic (exact) mass is 375 g/mol. The van der Waals surface area contributed by atoms with E-state index in [1.54, 1.807) is 39.8 Å². The van der Waals surface area contributed by atoms with Crippen LogP contribution in [0.2, 0.25) is 0 Å². The first-order valence-corrected chi connectivity index (χ1v) is 6.97. The van der Waals surface area contributed by atoms with Crippen molar-refractivity contribution in [1.29, 1.82) is 0 Å². The highest BCUT2D eigenvalue weighted by atomic mass is 127. The lowest BCUT2D eigenvalue weighted by molar-refractivity contribution is -0.150. The minimum atomic E-state index is -1.06. The van der Waals surface area contributed by atoms with Crippen molar-refractivity contribution in [1.82, 2.24) is 5.32 Å². The van der Waals surface area contributed by atoms with Gasteiger partial charge in [-0.15, -0.1) is 0 Å². The molecule has 0 aliphatic heterocycles. The van der Waals surface area contributed by atoms with Gasteiger partial charge in [0, 0.05) is 9.13 Å². The maximum absolute atomic E-state index is 12.1. The summed E-state index contributed by atoms with van der Waals surface area (Å²) < 4.78 is 1.04. The van der Waals surface area contributed by atoms with Crippen molar-refractivity contribution in [3.8, 4) is 0 Å². The first-order chi connectivity index (χ1) is 8.58. The van der Waals surface area contributed by atoms with E-state index < -0.39 is 16.9 Å². The minimum Gasteiger partial charge on any atom is -0.481 e. The maximum atomic E-state index is 12.1. The number of hydrogen-bond donors (Lipinski definition) is 2. The molecule has 0 unspecified atom stereocenters. The van der Waals surface area contributed by atoms with Crippen molar-refractivity contribution in [2.45, 2.75) is 33.2 Å². The summed E-state index contributed by atoms with van der Waals surface area (Å²) in [6.45, 7) is 6.63. The van der Waals surface area contributed by atoms with Crippen LogP contribution in [0.1, 0.15) is 38.1 Å². The lowest BCUT2D eigenvalue weighted by Gasteiger charge is -2.38. The molecule has 1 aromatic rings. The van der Waals surface area contributed by atoms with Crippen molar-refractivity contribution >= 4 is 34.5 Å². The number of carboxylic acids is 1. The van der Waals surface area contributed by atoms with Crippen molar-refractivity contribution in [2.75, 3.05) is 0 Å². The standard InChI is InChI=1S/C14H18INO3/c1-13(2,12(18)19)14(3,4)16-11(17)9-5-7-10(15)8-6-9/h5-8H,1-4H3,(H,16,17)(H,18,19). The summed E-state index contributed by atoms with van der Waals surface area (Å²) in [6.07, 6.45) is 0. The molecule has 0 aliphatic carbocycles. The molecular weight excluding hydrogens is 357 g/mol. The van der Waals surface area contributed by atoms with Gasteiger partial charge in [0.05, 0.1) is 11.0 Å². The number of carbonyl (C=O) groups excluding carboxylic acids is 1. The van der Waals surface area contributed by atoms with Crippen molar-refractivity contribution in [3.63, 3.8) is 0 Å². The van der Waals surface area contributed by atoms with E-state index in [0.29, 0.717) is 5.56 Å². The van der Waals surface area contributed by atoms with Crippen LogP contribution in [-0.2, 0) is 4.79 Å². The molecule has 19 heavy (non-hydrogen) atoms. The highest BCUT2D eigenvalue weighted by molar-refractivity contribution is 14.1. The van der Waals surface area contributed by atoms with Gasteiger partial charge in [-0.2, -0.15) is 0 Å². The Balaban J connectivity index is 2.92. The summed E-state index contributed by atoms with van der Waals surface area (Å²) in [5.74, 6) is -1.21. The third-order valence-corrected chi connectivity index (χ3v) is 4.35. The second-order valence-electron chi connectivity index (χ2n) is 5.52. The number of carboxylic acid groups (broad SMARTS) is 1. The zero-order chi connectivity index (χ0) is 14.8. The molecule has 1 aromatic carbocycles. The van der Waals surface area contributed by atoms with Crippen LogP contribution in [0.25, 0.3) is 0 Å². The van der Waals surface area contributed by atoms with E-state index in [9.17, 15) is 14.7 Å². The normalized spacial score (nSPS) is 12.1. The predicted molar refractivity (Wildman–Crippen MR) is 82.1 cm³/mol. The largest absolute Gasteiger partial charge is 0.481 e. The van der Waals surface area contributed by atoms with Crippen LogP contribution in [0, 0.1) is 8.99 Å². The molecule has 0 radical (unpaired) electrons. The lowest BCUT2D eigenvalue weighted by atomic mass is 9.74. The number of amides is 1. The van der Waals surface area contributed by atoms with Crippen molar-refractivity contribution in [2.24, 2.45) is 5.41 Å². The number of hydrogen-bond acceptors (Lipinski definition) is 2. The average Bonchev–Trinajstić information content (AvgIpc) is 2.28. The van der Waals surface area contributed by atoms with Crippen LogP contribution in [0.15, 0.2) is 24.3 Å². The lowest BCUT2D eigenvalue weighted by Crippen LogP contribution is -2.56. The number of aliphatic carboxylic acids is 1. The molecule has 0 saturated carbocycles. The minimum absolute atomic E-state index is 0.268. The summed E-state index contributed by atoms with van der Waals surface area (Å²) in [5, 5.41) is 12.0. The molecule has 0 saturated heterocycles. The van der Waals surface area contributed by atoms with Crippen LogP contribution in [0.3, 0.4) is 0 Å². The molecule has 1 amide bonds. The first kappa shape index (κ1) is 15.9. The van der Waals surface area contributed by atoms with E-state index in [4.69, 9.17) is 0 Å². The van der Waals surface area contributed by atoms with Gasteiger partial charge in [-0.05, 0) is 74.6 Å². The summed E-state index contributed by atoms with van der Waals surface area (Å²) >= 11 is 2.16. The molecule has 104 valence electrons. The summed E-state index contributed by atoms with van der Waals surface area (Å²) in [7, 11) is 0. The summed E-state index contributed by atoms with van der Waals surface area (Å²) in [6, 6.07) is 7.12. The predicted octanol–water partition coefficient (Wildman–Crippen LogP) is 2.91. The van der Waals surface area contributed by atoms with E-state index in [0.717, 1.165) is 3.57 Å². The Morgan fingerprint density at radius 3 is 2.00 bits per heavy atom. The molecule has 0 heterocycles. The van der Waals surface area contributed by atoms with Gasteiger partial charge in [-0.3, -0.25) is 9.59 Å². The Morgan fingerprint density at radius 1 is 1.11 bits per heavy atom. The van der Waals surface area contributed by atoms with Gasteiger partial charge in [0.15, 0.2) is 0 Å². The van der Waals surface area contributed by atoms with Gasteiger partial charge in [0.1, 0.15) is 0 Å². The quantitative estimate of drug-likeness (QED) is 0.796. The zero-order valence-electron chi connectivity index (χ0n) is 11.5.